The topological polar surface area (TPSA) is 87.5 Å². The minimum absolute atomic E-state index is 0.663. The first-order valence-corrected chi connectivity index (χ1v) is 40.0. The van der Waals surface area contributed by atoms with Crippen LogP contribution in [0.15, 0.2) is 399 Å². The molecule has 0 saturated carbocycles. The Balaban J connectivity index is 0.000000140. The summed E-state index contributed by atoms with van der Waals surface area (Å²) in [6, 6.07) is 137. The molecule has 0 aliphatic carbocycles. The molecule has 116 heavy (non-hydrogen) atoms. The average molecular weight is 1500 g/mol. The van der Waals surface area contributed by atoms with E-state index in [0.29, 0.717) is 17.2 Å². The summed E-state index contributed by atoms with van der Waals surface area (Å²) >= 11 is 1.77. The molecular formula is C107H65N7OS. The Morgan fingerprint density at radius 1 is 0.250 bits per heavy atom. The van der Waals surface area contributed by atoms with Gasteiger partial charge in [0.1, 0.15) is 16.8 Å². The van der Waals surface area contributed by atoms with Crippen molar-refractivity contribution in [2.24, 2.45) is 0 Å². The maximum absolute atomic E-state index is 6.68. The fourth-order valence-electron chi connectivity index (χ4n) is 17.5. The van der Waals surface area contributed by atoms with E-state index in [0.717, 1.165) is 116 Å². The molecule has 9 heteroatoms. The number of aromatic nitrogens is 7. The van der Waals surface area contributed by atoms with Crippen LogP contribution >= 0.6 is 11.3 Å². The lowest BCUT2D eigenvalue weighted by molar-refractivity contribution is 0.667. The largest absolute Gasteiger partial charge is 0.452 e. The van der Waals surface area contributed by atoms with Crippen LogP contribution in [0.5, 0.6) is 0 Å². The van der Waals surface area contributed by atoms with Gasteiger partial charge in [0.15, 0.2) is 17.2 Å². The second kappa shape index (κ2) is 27.3. The van der Waals surface area contributed by atoms with Gasteiger partial charge in [-0.2, -0.15) is 0 Å². The van der Waals surface area contributed by atoms with Crippen LogP contribution in [-0.4, -0.2) is 34.1 Å². The van der Waals surface area contributed by atoms with E-state index in [-0.39, 0.29) is 0 Å². The van der Waals surface area contributed by atoms with Gasteiger partial charge in [-0.3, -0.25) is 4.98 Å². The Morgan fingerprint density at radius 3 is 1.45 bits per heavy atom. The van der Waals surface area contributed by atoms with E-state index in [9.17, 15) is 0 Å². The molecule has 24 aromatic rings. The van der Waals surface area contributed by atoms with Crippen molar-refractivity contribution in [3.8, 4) is 101 Å². The van der Waals surface area contributed by atoms with Gasteiger partial charge >= 0.3 is 0 Å². The SMILES string of the molecule is c1ccc(-c2ccc(-c3cc4c(cc3-c3ccccc3)sc3c(-c5cccc6c(-n7c8ccccc8c8cc9ccccc9cc87)cccc56)nc(-c5ccncc5)nc34)cc2)cc1.c1ccc(-c2nc(-c3cccc(-n4c5ccccc5c5cc6ccccc6cc54)c3)c3oc4ccc(-c5ccc6ccccc6c5)cc4c3n2)cc1. The lowest BCUT2D eigenvalue weighted by atomic mass is 9.92. The van der Waals surface area contributed by atoms with Crippen molar-refractivity contribution >= 4 is 140 Å². The van der Waals surface area contributed by atoms with Crippen molar-refractivity contribution in [1.82, 2.24) is 34.1 Å². The number of nitrogens with zero attached hydrogens (tertiary/aromatic N) is 7. The number of benzene rings is 17. The van der Waals surface area contributed by atoms with Gasteiger partial charge in [0, 0.05) is 82.7 Å². The third-order valence-electron chi connectivity index (χ3n) is 23.1. The van der Waals surface area contributed by atoms with Crippen LogP contribution in [0.3, 0.4) is 0 Å². The maximum atomic E-state index is 6.68. The van der Waals surface area contributed by atoms with Crippen LogP contribution in [0.25, 0.3) is 230 Å². The zero-order valence-corrected chi connectivity index (χ0v) is 63.3. The van der Waals surface area contributed by atoms with E-state index in [4.69, 9.17) is 24.4 Å². The van der Waals surface area contributed by atoms with E-state index < -0.39 is 0 Å². The summed E-state index contributed by atoms with van der Waals surface area (Å²) in [5.74, 6) is 1.34. The molecule has 0 spiro atoms. The Morgan fingerprint density at radius 2 is 0.741 bits per heavy atom. The molecule has 0 fully saturated rings. The molecule has 17 aromatic carbocycles. The molecule has 7 aromatic heterocycles. The van der Waals surface area contributed by atoms with Crippen molar-refractivity contribution in [3.05, 3.63) is 395 Å². The van der Waals surface area contributed by atoms with E-state index in [1.807, 2.05) is 42.7 Å². The van der Waals surface area contributed by atoms with Crippen LogP contribution in [0.4, 0.5) is 0 Å². The van der Waals surface area contributed by atoms with Crippen LogP contribution in [0, 0.1) is 0 Å². The van der Waals surface area contributed by atoms with Crippen LogP contribution in [-0.2, 0) is 0 Å². The first-order chi connectivity index (χ1) is 57.5. The molecule has 0 aliphatic heterocycles. The predicted octanol–water partition coefficient (Wildman–Crippen LogP) is 28.8. The van der Waals surface area contributed by atoms with Crippen molar-refractivity contribution in [2.45, 2.75) is 0 Å². The number of hydrogen-bond donors (Lipinski definition) is 0. The lowest BCUT2D eigenvalue weighted by Crippen LogP contribution is -1.97. The summed E-state index contributed by atoms with van der Waals surface area (Å²) in [4.78, 5) is 25.6. The predicted molar refractivity (Wildman–Crippen MR) is 484 cm³/mol. The number of fused-ring (bicyclic) bond motifs is 16. The normalized spacial score (nSPS) is 11.8. The molecule has 0 bridgehead atoms. The Kier molecular flexibility index (Phi) is 15.6. The highest BCUT2D eigenvalue weighted by atomic mass is 32.1. The van der Waals surface area contributed by atoms with Crippen molar-refractivity contribution < 1.29 is 4.42 Å². The van der Waals surface area contributed by atoms with Crippen molar-refractivity contribution in [1.29, 1.82) is 0 Å². The van der Waals surface area contributed by atoms with Gasteiger partial charge in [-0.25, -0.2) is 19.9 Å². The molecule has 0 N–H and O–H groups in total. The van der Waals surface area contributed by atoms with E-state index in [1.165, 1.54) is 97.4 Å². The van der Waals surface area contributed by atoms with Crippen LogP contribution in [0.1, 0.15) is 0 Å². The van der Waals surface area contributed by atoms with Gasteiger partial charge < -0.3 is 13.6 Å². The van der Waals surface area contributed by atoms with Crippen molar-refractivity contribution in [3.63, 3.8) is 0 Å². The standard InChI is InChI=1S/C59H36N4S.C48H29N3O/c1-3-13-37(14-4-1)38-25-27-40(28-26-38)48-35-51-55(36-49(48)39-15-5-2-6-16-39)64-58-56(61-59(62-57(51)58)41-29-31-60-32-30-41)47-22-11-21-45-44(47)20-12-24-53(45)63-52-23-10-9-19-46(52)50-33-42-17-7-8-18-43(42)34-54(50)63;1-2-12-31(13-3-1)48-49-45(47-46(50-48)41-28-36(23-24-44(41)52-47)35-22-21-30-11-4-5-14-32(30)25-35)37-17-10-18-38(26-37)51-42-20-9-8-19-39(42)40-27-33-15-6-7-16-34(33)29-43(40)51/h1-36H;1-29H. The van der Waals surface area contributed by atoms with Gasteiger partial charge in [-0.1, -0.05) is 285 Å². The quantitative estimate of drug-likeness (QED) is 0.136. The summed E-state index contributed by atoms with van der Waals surface area (Å²) in [6.45, 7) is 0. The number of para-hydroxylation sites is 2. The summed E-state index contributed by atoms with van der Waals surface area (Å²) < 4.78 is 13.7. The van der Waals surface area contributed by atoms with Crippen LogP contribution in [0.2, 0.25) is 0 Å². The molecule has 24 rings (SSSR count). The van der Waals surface area contributed by atoms with Gasteiger partial charge in [-0.15, -0.1) is 11.3 Å². The second-order valence-electron chi connectivity index (χ2n) is 29.8. The fourth-order valence-corrected chi connectivity index (χ4v) is 18.7. The molecule has 0 amide bonds. The summed E-state index contributed by atoms with van der Waals surface area (Å²) in [7, 11) is 0. The first-order valence-electron chi connectivity index (χ1n) is 39.1. The zero-order chi connectivity index (χ0) is 76.3. The molecule has 540 valence electrons. The maximum Gasteiger partial charge on any atom is 0.180 e. The summed E-state index contributed by atoms with van der Waals surface area (Å²) in [5, 5.41) is 16.6. The number of thiophene rings is 1. The molecule has 8 nitrogen and oxygen atoms in total. The van der Waals surface area contributed by atoms with Crippen LogP contribution < -0.4 is 0 Å². The summed E-state index contributed by atoms with van der Waals surface area (Å²) in [5.41, 5.74) is 25.0. The molecule has 0 atom stereocenters. The number of rotatable bonds is 10. The highest BCUT2D eigenvalue weighted by Gasteiger charge is 2.25. The average Bonchev–Trinajstić information content (AvgIpc) is 1.54. The van der Waals surface area contributed by atoms with Crippen molar-refractivity contribution in [2.75, 3.05) is 0 Å². The highest BCUT2D eigenvalue weighted by molar-refractivity contribution is 7.26. The Labute approximate surface area is 670 Å². The van der Waals surface area contributed by atoms with E-state index >= 15 is 0 Å². The van der Waals surface area contributed by atoms with Gasteiger partial charge in [0.2, 0.25) is 0 Å². The minimum Gasteiger partial charge on any atom is -0.452 e. The first kappa shape index (κ1) is 66.5. The third-order valence-corrected chi connectivity index (χ3v) is 24.2. The molecule has 7 heterocycles. The van der Waals surface area contributed by atoms with E-state index in [1.54, 1.807) is 11.3 Å². The minimum atomic E-state index is 0.663. The smallest absolute Gasteiger partial charge is 0.180 e. The second-order valence-corrected chi connectivity index (χ2v) is 30.8. The summed E-state index contributed by atoms with van der Waals surface area (Å²) in [6.07, 6.45) is 3.63. The Hall–Kier alpha value is -15.3. The van der Waals surface area contributed by atoms with Gasteiger partial charge in [-0.05, 0) is 179 Å². The number of furan rings is 1. The monoisotopic (exact) mass is 1500 g/mol. The lowest BCUT2D eigenvalue weighted by Gasteiger charge is -2.15. The Bertz CT molecular complexity index is 8070. The third kappa shape index (κ3) is 11.2. The number of hydrogen-bond acceptors (Lipinski definition) is 7. The molecule has 0 aliphatic rings. The van der Waals surface area contributed by atoms with E-state index in [2.05, 4.69) is 366 Å². The molecular weight excluding hydrogens is 1430 g/mol. The molecule has 0 unspecified atom stereocenters. The fraction of sp³-hybridized carbons (Fsp3) is 0. The highest BCUT2D eigenvalue weighted by Crippen LogP contribution is 2.48. The van der Waals surface area contributed by atoms with Gasteiger partial charge in [0.05, 0.1) is 43.7 Å². The molecule has 0 radical (unpaired) electrons. The molecule has 0 saturated heterocycles. The zero-order valence-electron chi connectivity index (χ0n) is 62.5. The van der Waals surface area contributed by atoms with Gasteiger partial charge in [0.25, 0.3) is 0 Å². The number of pyridine rings is 1.